The topological polar surface area (TPSA) is 48.0 Å². The highest BCUT2D eigenvalue weighted by Gasteiger charge is 2.10. The van der Waals surface area contributed by atoms with E-state index in [2.05, 4.69) is 19.8 Å². The molecule has 2 aromatic heterocycles. The first kappa shape index (κ1) is 13.6. The summed E-state index contributed by atoms with van der Waals surface area (Å²) in [5, 5.41) is 1.49. The third kappa shape index (κ3) is 2.59. The Morgan fingerprint density at radius 1 is 1.24 bits per heavy atom. The minimum atomic E-state index is 0.317. The van der Waals surface area contributed by atoms with Crippen molar-refractivity contribution in [1.82, 2.24) is 19.5 Å². The number of hydrogen-bond donors (Lipinski definition) is 0. The van der Waals surface area contributed by atoms with Gasteiger partial charge in [0.25, 0.3) is 0 Å². The average Bonchev–Trinajstić information content (AvgIpc) is 2.99. The molecule has 0 aliphatic rings. The zero-order chi connectivity index (χ0) is 14.8. The van der Waals surface area contributed by atoms with E-state index in [4.69, 9.17) is 29.8 Å². The lowest BCUT2D eigenvalue weighted by Gasteiger charge is -2.07. The number of nitrogens with zero attached hydrogens (tertiary/aromatic N) is 5. The lowest BCUT2D eigenvalue weighted by Crippen LogP contribution is -1.99. The van der Waals surface area contributed by atoms with Crippen LogP contribution in [-0.4, -0.2) is 19.5 Å². The van der Waals surface area contributed by atoms with Gasteiger partial charge in [-0.1, -0.05) is 29.3 Å². The number of benzene rings is 1. The van der Waals surface area contributed by atoms with Crippen LogP contribution in [0.3, 0.4) is 0 Å². The first-order chi connectivity index (χ1) is 10.2. The van der Waals surface area contributed by atoms with Gasteiger partial charge in [0, 0.05) is 22.8 Å². The van der Waals surface area contributed by atoms with Crippen molar-refractivity contribution in [3.8, 4) is 5.95 Å². The van der Waals surface area contributed by atoms with E-state index in [1.54, 1.807) is 41.5 Å². The fourth-order valence-corrected chi connectivity index (χ4v) is 2.30. The maximum absolute atomic E-state index is 6.77. The molecule has 0 aliphatic carbocycles. The summed E-state index contributed by atoms with van der Waals surface area (Å²) in [7, 11) is 0. The maximum atomic E-state index is 6.77. The molecule has 1 aromatic carbocycles. The van der Waals surface area contributed by atoms with Crippen LogP contribution < -0.4 is 0 Å². The fourth-order valence-electron chi connectivity index (χ4n) is 1.86. The molecule has 0 spiro atoms. The predicted molar refractivity (Wildman–Crippen MR) is 82.3 cm³/mol. The Morgan fingerprint density at radius 2 is 2.10 bits per heavy atom. The Balaban J connectivity index is 2.21. The van der Waals surface area contributed by atoms with Crippen LogP contribution in [0.25, 0.3) is 27.8 Å². The zero-order valence-electron chi connectivity index (χ0n) is 10.5. The highest BCUT2D eigenvalue weighted by molar-refractivity contribution is 6.36. The molecule has 0 atom stereocenters. The summed E-state index contributed by atoms with van der Waals surface area (Å²) < 4.78 is 1.66. The maximum Gasteiger partial charge on any atom is 0.236 e. The summed E-state index contributed by atoms with van der Waals surface area (Å²) in [6, 6.07) is 3.47. The Bertz CT molecular complexity index is 879. The molecule has 0 radical (unpaired) electrons. The monoisotopic (exact) mass is 315 g/mol. The van der Waals surface area contributed by atoms with Gasteiger partial charge in [-0.15, -0.1) is 0 Å². The van der Waals surface area contributed by atoms with Crippen LogP contribution in [0.15, 0.2) is 37.1 Å². The van der Waals surface area contributed by atoms with Crippen molar-refractivity contribution in [3.05, 3.63) is 64.2 Å². The molecule has 0 saturated carbocycles. The minimum absolute atomic E-state index is 0.317. The van der Waals surface area contributed by atoms with E-state index in [1.165, 1.54) is 6.20 Å². The molecular formula is C14H7Cl2N5. The van der Waals surface area contributed by atoms with Crippen LogP contribution in [0.2, 0.25) is 10.2 Å². The van der Waals surface area contributed by atoms with Crippen LogP contribution >= 0.6 is 23.2 Å². The number of aromatic nitrogens is 4. The molecule has 0 N–H and O–H groups in total. The van der Waals surface area contributed by atoms with E-state index < -0.39 is 0 Å². The predicted octanol–water partition coefficient (Wildman–Crippen LogP) is 4.01. The third-order valence-electron chi connectivity index (χ3n) is 2.82. The molecule has 5 nitrogen and oxygen atoms in total. The van der Waals surface area contributed by atoms with Gasteiger partial charge in [-0.05, 0) is 17.7 Å². The number of fused-ring (bicyclic) bond motifs is 1. The molecule has 2 heterocycles. The van der Waals surface area contributed by atoms with Gasteiger partial charge < -0.3 is 0 Å². The molecule has 0 bridgehead atoms. The Kier molecular flexibility index (Phi) is 3.57. The van der Waals surface area contributed by atoms with Gasteiger partial charge in [0.1, 0.15) is 11.5 Å². The van der Waals surface area contributed by atoms with Gasteiger partial charge in [0.15, 0.2) is 6.20 Å². The van der Waals surface area contributed by atoms with Gasteiger partial charge >= 0.3 is 0 Å². The van der Waals surface area contributed by atoms with E-state index in [-0.39, 0.29) is 0 Å². The Hall–Kier alpha value is -2.42. The number of hydrogen-bond acceptors (Lipinski definition) is 3. The third-order valence-corrected chi connectivity index (χ3v) is 3.44. The quantitative estimate of drug-likeness (QED) is 0.530. The summed E-state index contributed by atoms with van der Waals surface area (Å²) in [6.45, 7) is 6.77. The smallest absolute Gasteiger partial charge is 0.236 e. The highest BCUT2D eigenvalue weighted by atomic mass is 35.5. The summed E-state index contributed by atoms with van der Waals surface area (Å²) in [6.07, 6.45) is 7.90. The number of imidazole rings is 1. The molecule has 0 amide bonds. The van der Waals surface area contributed by atoms with Crippen LogP contribution in [-0.2, 0) is 0 Å². The average molecular weight is 316 g/mol. The first-order valence-electron chi connectivity index (χ1n) is 5.87. The second-order valence-electron chi connectivity index (χ2n) is 4.12. The number of halogens is 2. The molecule has 0 unspecified atom stereocenters. The summed E-state index contributed by atoms with van der Waals surface area (Å²) in [5.41, 5.74) is 1.32. The molecule has 0 saturated heterocycles. The SMILES string of the molecule is [C-]#[N+]/C=C/c1cc2c(Cl)nc(-n3ccnc3)nc2cc1Cl. The van der Waals surface area contributed by atoms with Gasteiger partial charge in [0.2, 0.25) is 5.95 Å². The van der Waals surface area contributed by atoms with Crippen molar-refractivity contribution in [2.24, 2.45) is 0 Å². The van der Waals surface area contributed by atoms with Gasteiger partial charge in [0.05, 0.1) is 12.1 Å². The second kappa shape index (κ2) is 5.52. The van der Waals surface area contributed by atoms with E-state index in [9.17, 15) is 0 Å². The molecule has 3 aromatic rings. The van der Waals surface area contributed by atoms with Crippen molar-refractivity contribution in [2.45, 2.75) is 0 Å². The zero-order valence-corrected chi connectivity index (χ0v) is 12.0. The lowest BCUT2D eigenvalue weighted by atomic mass is 10.1. The number of rotatable bonds is 2. The lowest BCUT2D eigenvalue weighted by molar-refractivity contribution is 0.941. The summed E-state index contributed by atoms with van der Waals surface area (Å²) in [5.74, 6) is 0.422. The van der Waals surface area contributed by atoms with Crippen molar-refractivity contribution in [2.75, 3.05) is 0 Å². The summed E-state index contributed by atoms with van der Waals surface area (Å²) >= 11 is 12.4. The van der Waals surface area contributed by atoms with Gasteiger partial charge in [-0.3, -0.25) is 4.57 Å². The van der Waals surface area contributed by atoms with Crippen molar-refractivity contribution in [1.29, 1.82) is 0 Å². The molecule has 0 aliphatic heterocycles. The van der Waals surface area contributed by atoms with Gasteiger partial charge in [-0.2, -0.15) is 4.98 Å². The van der Waals surface area contributed by atoms with E-state index in [0.29, 0.717) is 32.6 Å². The molecule has 102 valence electrons. The first-order valence-corrected chi connectivity index (χ1v) is 6.63. The van der Waals surface area contributed by atoms with E-state index in [1.807, 2.05) is 0 Å². The van der Waals surface area contributed by atoms with Crippen molar-refractivity contribution < 1.29 is 0 Å². The van der Waals surface area contributed by atoms with Crippen LogP contribution in [0.4, 0.5) is 0 Å². The normalized spacial score (nSPS) is 11.1. The molecule has 21 heavy (non-hydrogen) atoms. The molecule has 0 fully saturated rings. The van der Waals surface area contributed by atoms with Crippen molar-refractivity contribution in [3.63, 3.8) is 0 Å². The largest absolute Gasteiger partial charge is 0.274 e. The minimum Gasteiger partial charge on any atom is -0.274 e. The molecular weight excluding hydrogens is 309 g/mol. The standard InChI is InChI=1S/C14H7Cl2N5/c1-17-3-2-9-6-10-12(7-11(9)15)19-14(20-13(10)16)21-5-4-18-8-21/h2-8H/b3-2+. The van der Waals surface area contributed by atoms with Gasteiger partial charge in [-0.25, -0.2) is 14.8 Å². The Labute approximate surface area is 130 Å². The second-order valence-corrected chi connectivity index (χ2v) is 4.89. The molecule has 3 rings (SSSR count). The highest BCUT2D eigenvalue weighted by Crippen LogP contribution is 2.28. The molecule has 7 heteroatoms. The van der Waals surface area contributed by atoms with Crippen LogP contribution in [0, 0.1) is 6.57 Å². The van der Waals surface area contributed by atoms with Crippen LogP contribution in [0.5, 0.6) is 0 Å². The fraction of sp³-hybridized carbons (Fsp3) is 0. The van der Waals surface area contributed by atoms with Crippen molar-refractivity contribution >= 4 is 40.2 Å². The van der Waals surface area contributed by atoms with E-state index >= 15 is 0 Å². The van der Waals surface area contributed by atoms with E-state index in [0.717, 1.165) is 0 Å². The van der Waals surface area contributed by atoms with Crippen LogP contribution in [0.1, 0.15) is 5.56 Å². The summed E-state index contributed by atoms with van der Waals surface area (Å²) in [4.78, 5) is 15.8. The Morgan fingerprint density at radius 3 is 2.81 bits per heavy atom.